The minimum absolute atomic E-state index is 0.0835. The van der Waals surface area contributed by atoms with Crippen LogP contribution in [0.3, 0.4) is 0 Å². The third kappa shape index (κ3) is 28.6. The number of ether oxygens (including phenoxy) is 1. The largest absolute Gasteiger partial charge is 0.481 e. The smallest absolute Gasteiger partial charge is 0.306 e. The van der Waals surface area contributed by atoms with Crippen LogP contribution in [0.4, 0.5) is 0 Å². The summed E-state index contributed by atoms with van der Waals surface area (Å²) >= 11 is 0. The number of hydrogen-bond acceptors (Lipinski definition) is 3. The van der Waals surface area contributed by atoms with E-state index in [1.165, 1.54) is 64.2 Å². The number of esters is 1. The van der Waals surface area contributed by atoms with Crippen LogP contribution < -0.4 is 0 Å². The molecule has 0 fully saturated rings. The second kappa shape index (κ2) is 28.7. The molecule has 0 aliphatic carbocycles. The quantitative estimate of drug-likeness (QED) is 0.0667. The Morgan fingerprint density at radius 1 is 0.622 bits per heavy atom. The van der Waals surface area contributed by atoms with E-state index in [1.807, 2.05) is 0 Å². The molecule has 1 unspecified atom stereocenters. The van der Waals surface area contributed by atoms with Gasteiger partial charge in [-0.3, -0.25) is 9.59 Å². The maximum atomic E-state index is 12.4. The van der Waals surface area contributed by atoms with Crippen molar-refractivity contribution in [3.05, 3.63) is 36.5 Å². The molecule has 0 bridgehead atoms. The molecule has 0 saturated carbocycles. The second-order valence-electron chi connectivity index (χ2n) is 10.3. The molecule has 0 spiro atoms. The minimum Gasteiger partial charge on any atom is -0.481 e. The van der Waals surface area contributed by atoms with E-state index in [-0.39, 0.29) is 18.5 Å². The van der Waals surface area contributed by atoms with Crippen LogP contribution in [0.1, 0.15) is 155 Å². The molecule has 0 aliphatic rings. The van der Waals surface area contributed by atoms with Crippen LogP contribution in [-0.4, -0.2) is 23.1 Å². The Morgan fingerprint density at radius 2 is 1.14 bits per heavy atom. The van der Waals surface area contributed by atoms with Gasteiger partial charge in [0.05, 0.1) is 0 Å². The zero-order chi connectivity index (χ0) is 27.2. The number of carboxylic acid groups (broad SMARTS) is 1. The van der Waals surface area contributed by atoms with Gasteiger partial charge in [-0.2, -0.15) is 0 Å². The molecule has 37 heavy (non-hydrogen) atoms. The minimum atomic E-state index is -0.727. The van der Waals surface area contributed by atoms with Gasteiger partial charge in [-0.1, -0.05) is 102 Å². The number of allylic oxidation sites excluding steroid dienone is 5. The van der Waals surface area contributed by atoms with Gasteiger partial charge in [-0.25, -0.2) is 0 Å². The number of rotatable bonds is 27. The maximum absolute atomic E-state index is 12.4. The van der Waals surface area contributed by atoms with E-state index in [9.17, 15) is 9.59 Å². The Hall–Kier alpha value is -1.84. The summed E-state index contributed by atoms with van der Waals surface area (Å²) in [5.41, 5.74) is 0. The van der Waals surface area contributed by atoms with Crippen molar-refractivity contribution >= 4 is 11.9 Å². The normalized spacial score (nSPS) is 12.7. The lowest BCUT2D eigenvalue weighted by molar-refractivity contribution is -0.147. The number of aliphatic carboxylic acids is 1. The number of carbonyl (C=O) groups excluding carboxylic acids is 1. The van der Waals surface area contributed by atoms with Crippen LogP contribution in [0, 0.1) is 0 Å². The summed E-state index contributed by atoms with van der Waals surface area (Å²) in [6, 6.07) is 0. The van der Waals surface area contributed by atoms with Crippen molar-refractivity contribution in [3.63, 3.8) is 0 Å². The number of unbranched alkanes of at least 4 members (excludes halogenated alkanes) is 14. The van der Waals surface area contributed by atoms with Gasteiger partial charge in [-0.15, -0.1) is 0 Å². The van der Waals surface area contributed by atoms with Crippen molar-refractivity contribution in [3.8, 4) is 0 Å². The summed E-state index contributed by atoms with van der Waals surface area (Å²) in [5, 5.41) is 8.75. The first-order valence-corrected chi connectivity index (χ1v) is 15.5. The average Bonchev–Trinajstić information content (AvgIpc) is 2.87. The Balaban J connectivity index is 3.96. The summed E-state index contributed by atoms with van der Waals surface area (Å²) in [5.74, 6) is -0.810. The van der Waals surface area contributed by atoms with Crippen LogP contribution >= 0.6 is 0 Å². The lowest BCUT2D eigenvalue weighted by Crippen LogP contribution is -2.16. The molecule has 0 saturated heterocycles. The summed E-state index contributed by atoms with van der Waals surface area (Å²) in [7, 11) is 0. The molecule has 4 nitrogen and oxygen atoms in total. The SMILES string of the molecule is CCCCC/C=C\C/C=C\CCCCCCCC(=O)OC(/C=C\CCCCC)CCCCCCC(=O)O. The Bertz CT molecular complexity index is 605. The molecule has 4 heteroatoms. The standard InChI is InChI=1S/C33H58O4/c1-3-5-7-9-10-11-12-13-14-15-16-17-18-20-26-30-33(36)37-31(27-23-19-8-6-4-2)28-24-21-22-25-29-32(34)35/h10-11,13-14,23,27,31H,3-9,12,15-22,24-26,28-30H2,1-2H3,(H,34,35)/b11-10-,14-13-,27-23-. The van der Waals surface area contributed by atoms with Crippen molar-refractivity contribution in [2.75, 3.05) is 0 Å². The van der Waals surface area contributed by atoms with Gasteiger partial charge in [0.1, 0.15) is 6.10 Å². The monoisotopic (exact) mass is 518 g/mol. The Kier molecular flexibility index (Phi) is 27.3. The molecule has 0 amide bonds. The topological polar surface area (TPSA) is 63.6 Å². The molecular formula is C33H58O4. The first-order valence-electron chi connectivity index (χ1n) is 15.5. The summed E-state index contributed by atoms with van der Waals surface area (Å²) in [6.07, 6.45) is 36.0. The fourth-order valence-electron chi connectivity index (χ4n) is 4.24. The van der Waals surface area contributed by atoms with Gasteiger partial charge in [0.2, 0.25) is 0 Å². The van der Waals surface area contributed by atoms with E-state index < -0.39 is 5.97 Å². The van der Waals surface area contributed by atoms with E-state index in [2.05, 4.69) is 50.3 Å². The molecule has 0 radical (unpaired) electrons. The van der Waals surface area contributed by atoms with E-state index in [0.717, 1.165) is 64.2 Å². The molecular weight excluding hydrogens is 460 g/mol. The second-order valence-corrected chi connectivity index (χ2v) is 10.3. The highest BCUT2D eigenvalue weighted by atomic mass is 16.5. The zero-order valence-electron chi connectivity index (χ0n) is 24.3. The van der Waals surface area contributed by atoms with Crippen LogP contribution in [-0.2, 0) is 14.3 Å². The van der Waals surface area contributed by atoms with E-state index >= 15 is 0 Å². The van der Waals surface area contributed by atoms with Crippen LogP contribution in [0.2, 0.25) is 0 Å². The molecule has 0 aromatic heterocycles. The van der Waals surface area contributed by atoms with Crippen molar-refractivity contribution in [1.82, 2.24) is 0 Å². The predicted octanol–water partition coefficient (Wildman–Crippen LogP) is 10.3. The van der Waals surface area contributed by atoms with Crippen LogP contribution in [0.25, 0.3) is 0 Å². The highest BCUT2D eigenvalue weighted by Gasteiger charge is 2.11. The molecule has 0 heterocycles. The fourth-order valence-corrected chi connectivity index (χ4v) is 4.24. The highest BCUT2D eigenvalue weighted by Crippen LogP contribution is 2.14. The Morgan fingerprint density at radius 3 is 1.76 bits per heavy atom. The molecule has 0 aromatic carbocycles. The van der Waals surface area contributed by atoms with Crippen LogP contribution in [0.5, 0.6) is 0 Å². The molecule has 0 aromatic rings. The first kappa shape index (κ1) is 35.2. The Labute approximate surface area is 229 Å². The van der Waals surface area contributed by atoms with Gasteiger partial charge in [0.25, 0.3) is 0 Å². The maximum Gasteiger partial charge on any atom is 0.306 e. The summed E-state index contributed by atoms with van der Waals surface area (Å²) < 4.78 is 5.79. The summed E-state index contributed by atoms with van der Waals surface area (Å²) in [4.78, 5) is 23.0. The van der Waals surface area contributed by atoms with Gasteiger partial charge >= 0.3 is 11.9 Å². The van der Waals surface area contributed by atoms with E-state index in [0.29, 0.717) is 6.42 Å². The third-order valence-electron chi connectivity index (χ3n) is 6.57. The third-order valence-corrected chi connectivity index (χ3v) is 6.57. The zero-order valence-corrected chi connectivity index (χ0v) is 24.3. The van der Waals surface area contributed by atoms with Crippen LogP contribution in [0.15, 0.2) is 36.5 Å². The predicted molar refractivity (Wildman–Crippen MR) is 158 cm³/mol. The first-order chi connectivity index (χ1) is 18.1. The lowest BCUT2D eigenvalue weighted by Gasteiger charge is -2.15. The summed E-state index contributed by atoms with van der Waals surface area (Å²) in [6.45, 7) is 4.44. The molecule has 214 valence electrons. The lowest BCUT2D eigenvalue weighted by atomic mass is 10.1. The van der Waals surface area contributed by atoms with Crippen molar-refractivity contribution < 1.29 is 19.4 Å². The van der Waals surface area contributed by atoms with Gasteiger partial charge in [-0.05, 0) is 76.7 Å². The fraction of sp³-hybridized carbons (Fsp3) is 0.758. The van der Waals surface area contributed by atoms with Gasteiger partial charge in [0.15, 0.2) is 0 Å². The van der Waals surface area contributed by atoms with Crippen molar-refractivity contribution in [1.29, 1.82) is 0 Å². The van der Waals surface area contributed by atoms with E-state index in [1.54, 1.807) is 0 Å². The molecule has 0 aliphatic heterocycles. The number of hydrogen-bond donors (Lipinski definition) is 1. The van der Waals surface area contributed by atoms with Gasteiger partial charge < -0.3 is 9.84 Å². The number of carboxylic acids is 1. The highest BCUT2D eigenvalue weighted by molar-refractivity contribution is 5.69. The molecule has 0 rings (SSSR count). The van der Waals surface area contributed by atoms with Gasteiger partial charge in [0, 0.05) is 12.8 Å². The van der Waals surface area contributed by atoms with Crippen molar-refractivity contribution in [2.24, 2.45) is 0 Å². The van der Waals surface area contributed by atoms with E-state index in [4.69, 9.17) is 9.84 Å². The number of carbonyl (C=O) groups is 2. The average molecular weight is 519 g/mol. The molecule has 1 N–H and O–H groups in total. The van der Waals surface area contributed by atoms with Crippen molar-refractivity contribution in [2.45, 2.75) is 161 Å². The molecule has 1 atom stereocenters.